The Hall–Kier alpha value is -2.53. The molecule has 0 aromatic heterocycles. The first-order valence-electron chi connectivity index (χ1n) is 7.02. The Balaban J connectivity index is 1.93. The molecule has 1 aliphatic rings. The molecule has 1 saturated heterocycles. The van der Waals surface area contributed by atoms with Crippen LogP contribution in [0.5, 0.6) is 11.5 Å². The van der Waals surface area contributed by atoms with Gasteiger partial charge in [-0.2, -0.15) is 0 Å². The Labute approximate surface area is 129 Å². The highest BCUT2D eigenvalue weighted by molar-refractivity contribution is 6.05. The van der Waals surface area contributed by atoms with Gasteiger partial charge in [0.25, 0.3) is 0 Å². The molecule has 2 aromatic carbocycles. The van der Waals surface area contributed by atoms with Gasteiger partial charge in [0.2, 0.25) is 5.91 Å². The molecule has 2 N–H and O–H groups in total. The molecule has 114 valence electrons. The lowest BCUT2D eigenvalue weighted by atomic mass is 9.88. The van der Waals surface area contributed by atoms with Crippen molar-refractivity contribution < 1.29 is 14.3 Å². The topological polar surface area (TPSA) is 64.8 Å². The molecular formula is C17H18N2O3. The van der Waals surface area contributed by atoms with Crippen molar-refractivity contribution in [2.75, 3.05) is 19.1 Å². The number of benzene rings is 2. The fraction of sp³-hybridized carbons (Fsp3) is 0.235. The third-order valence-corrected chi connectivity index (χ3v) is 3.93. The molecule has 0 saturated carbocycles. The van der Waals surface area contributed by atoms with Crippen LogP contribution < -0.4 is 20.1 Å². The predicted octanol–water partition coefficient (Wildman–Crippen LogP) is 2.12. The standard InChI is InChI=1S/C17H18N2O3/c1-21-13-8-6-12(7-9-13)19-16(15(18)17(19)20)11-4-3-5-14(10-11)22-2/h3-10,15-16H,18H2,1-2H3. The summed E-state index contributed by atoms with van der Waals surface area (Å²) in [5, 5.41) is 0. The highest BCUT2D eigenvalue weighted by Crippen LogP contribution is 2.39. The van der Waals surface area contributed by atoms with Crippen LogP contribution in [0.2, 0.25) is 0 Å². The minimum Gasteiger partial charge on any atom is -0.497 e. The second kappa shape index (κ2) is 5.69. The molecule has 3 rings (SSSR count). The summed E-state index contributed by atoms with van der Waals surface area (Å²) in [6.07, 6.45) is 0. The van der Waals surface area contributed by atoms with Crippen LogP contribution >= 0.6 is 0 Å². The van der Waals surface area contributed by atoms with Crippen molar-refractivity contribution in [2.45, 2.75) is 12.1 Å². The Kier molecular flexibility index (Phi) is 3.73. The van der Waals surface area contributed by atoms with E-state index in [-0.39, 0.29) is 11.9 Å². The summed E-state index contributed by atoms with van der Waals surface area (Å²) < 4.78 is 10.4. The molecule has 5 heteroatoms. The van der Waals surface area contributed by atoms with Crippen molar-refractivity contribution in [1.29, 1.82) is 0 Å². The molecule has 1 fully saturated rings. The third kappa shape index (κ3) is 2.29. The number of β-lactam (4-membered cyclic amide) rings is 1. The molecule has 0 bridgehead atoms. The van der Waals surface area contributed by atoms with Gasteiger partial charge in [0.05, 0.1) is 20.3 Å². The van der Waals surface area contributed by atoms with Crippen molar-refractivity contribution >= 4 is 11.6 Å². The van der Waals surface area contributed by atoms with Gasteiger partial charge >= 0.3 is 0 Å². The number of ether oxygens (including phenoxy) is 2. The summed E-state index contributed by atoms with van der Waals surface area (Å²) in [6, 6.07) is 14.3. The highest BCUT2D eigenvalue weighted by atomic mass is 16.5. The molecule has 1 heterocycles. The maximum atomic E-state index is 12.2. The summed E-state index contributed by atoms with van der Waals surface area (Å²) in [7, 11) is 3.23. The van der Waals surface area contributed by atoms with Crippen LogP contribution in [0.4, 0.5) is 5.69 Å². The maximum Gasteiger partial charge on any atom is 0.247 e. The van der Waals surface area contributed by atoms with E-state index in [0.29, 0.717) is 0 Å². The number of amides is 1. The monoisotopic (exact) mass is 298 g/mol. The van der Waals surface area contributed by atoms with Gasteiger partial charge in [-0.1, -0.05) is 12.1 Å². The zero-order valence-corrected chi connectivity index (χ0v) is 12.5. The smallest absolute Gasteiger partial charge is 0.247 e. The lowest BCUT2D eigenvalue weighted by Gasteiger charge is -2.45. The van der Waals surface area contributed by atoms with E-state index in [1.165, 1.54) is 0 Å². The van der Waals surface area contributed by atoms with E-state index in [4.69, 9.17) is 15.2 Å². The molecule has 0 aliphatic carbocycles. The van der Waals surface area contributed by atoms with Crippen molar-refractivity contribution in [3.05, 3.63) is 54.1 Å². The van der Waals surface area contributed by atoms with Crippen LogP contribution in [0, 0.1) is 0 Å². The number of nitrogens with two attached hydrogens (primary N) is 1. The normalized spacial score (nSPS) is 20.5. The van der Waals surface area contributed by atoms with E-state index >= 15 is 0 Å². The average Bonchev–Trinajstić information content (AvgIpc) is 2.58. The number of anilines is 1. The average molecular weight is 298 g/mol. The predicted molar refractivity (Wildman–Crippen MR) is 84.2 cm³/mol. The molecular weight excluding hydrogens is 280 g/mol. The van der Waals surface area contributed by atoms with Crippen molar-refractivity contribution in [2.24, 2.45) is 5.73 Å². The molecule has 2 atom stereocenters. The molecule has 2 unspecified atom stereocenters. The number of hydrogen-bond acceptors (Lipinski definition) is 4. The Morgan fingerprint density at radius 1 is 1.00 bits per heavy atom. The minimum atomic E-state index is -0.533. The molecule has 0 spiro atoms. The Morgan fingerprint density at radius 3 is 2.32 bits per heavy atom. The van der Waals surface area contributed by atoms with E-state index in [2.05, 4.69) is 0 Å². The lowest BCUT2D eigenvalue weighted by Crippen LogP contribution is -2.63. The Morgan fingerprint density at radius 2 is 1.68 bits per heavy atom. The zero-order chi connectivity index (χ0) is 15.7. The summed E-state index contributed by atoms with van der Waals surface area (Å²) in [5.74, 6) is 1.41. The van der Waals surface area contributed by atoms with Crippen molar-refractivity contribution in [1.82, 2.24) is 0 Å². The SMILES string of the molecule is COc1ccc(N2C(=O)C(N)C2c2cccc(OC)c2)cc1. The molecule has 1 aliphatic heterocycles. The number of rotatable bonds is 4. The number of nitrogens with zero attached hydrogens (tertiary/aromatic N) is 1. The van der Waals surface area contributed by atoms with Gasteiger partial charge in [0.15, 0.2) is 0 Å². The quantitative estimate of drug-likeness (QED) is 0.878. The van der Waals surface area contributed by atoms with Crippen molar-refractivity contribution in [3.63, 3.8) is 0 Å². The van der Waals surface area contributed by atoms with Gasteiger partial charge in [-0.3, -0.25) is 4.79 Å². The van der Waals surface area contributed by atoms with Crippen LogP contribution in [0.3, 0.4) is 0 Å². The molecule has 2 aromatic rings. The number of carbonyl (C=O) groups is 1. The maximum absolute atomic E-state index is 12.2. The number of methoxy groups -OCH3 is 2. The van der Waals surface area contributed by atoms with Crippen LogP contribution in [-0.4, -0.2) is 26.2 Å². The van der Waals surface area contributed by atoms with Crippen LogP contribution in [-0.2, 0) is 4.79 Å². The van der Waals surface area contributed by atoms with E-state index in [1.807, 2.05) is 48.5 Å². The first kappa shape index (κ1) is 14.4. The molecule has 1 amide bonds. The first-order valence-corrected chi connectivity index (χ1v) is 7.02. The van der Waals surface area contributed by atoms with Gasteiger partial charge in [0, 0.05) is 5.69 Å². The van der Waals surface area contributed by atoms with E-state index in [9.17, 15) is 4.79 Å². The van der Waals surface area contributed by atoms with E-state index in [1.54, 1.807) is 19.1 Å². The Bertz CT molecular complexity index is 685. The summed E-state index contributed by atoms with van der Waals surface area (Å²) in [5.41, 5.74) is 7.78. The van der Waals surface area contributed by atoms with E-state index in [0.717, 1.165) is 22.7 Å². The van der Waals surface area contributed by atoms with Crippen LogP contribution in [0.25, 0.3) is 0 Å². The largest absolute Gasteiger partial charge is 0.497 e. The van der Waals surface area contributed by atoms with Gasteiger partial charge < -0.3 is 20.1 Å². The second-order valence-electron chi connectivity index (χ2n) is 5.15. The van der Waals surface area contributed by atoms with E-state index < -0.39 is 6.04 Å². The number of hydrogen-bond donors (Lipinski definition) is 1. The fourth-order valence-electron chi connectivity index (χ4n) is 2.72. The minimum absolute atomic E-state index is 0.0852. The van der Waals surface area contributed by atoms with Crippen LogP contribution in [0.1, 0.15) is 11.6 Å². The van der Waals surface area contributed by atoms with Crippen LogP contribution in [0.15, 0.2) is 48.5 Å². The molecule has 22 heavy (non-hydrogen) atoms. The van der Waals surface area contributed by atoms with Crippen molar-refractivity contribution in [3.8, 4) is 11.5 Å². The highest BCUT2D eigenvalue weighted by Gasteiger charge is 2.46. The summed E-state index contributed by atoms with van der Waals surface area (Å²) in [6.45, 7) is 0. The summed E-state index contributed by atoms with van der Waals surface area (Å²) >= 11 is 0. The molecule has 0 radical (unpaired) electrons. The molecule has 5 nitrogen and oxygen atoms in total. The lowest BCUT2D eigenvalue weighted by molar-refractivity contribution is -0.126. The second-order valence-corrected chi connectivity index (χ2v) is 5.15. The fourth-order valence-corrected chi connectivity index (χ4v) is 2.72. The van der Waals surface area contributed by atoms with Gasteiger partial charge in [0.1, 0.15) is 17.5 Å². The first-order chi connectivity index (χ1) is 10.7. The third-order valence-electron chi connectivity index (χ3n) is 3.93. The van der Waals surface area contributed by atoms with Gasteiger partial charge in [-0.15, -0.1) is 0 Å². The zero-order valence-electron chi connectivity index (χ0n) is 12.5. The van der Waals surface area contributed by atoms with Gasteiger partial charge in [-0.05, 0) is 42.0 Å². The van der Waals surface area contributed by atoms with Gasteiger partial charge in [-0.25, -0.2) is 0 Å². The summed E-state index contributed by atoms with van der Waals surface area (Å²) in [4.78, 5) is 13.9. The number of carbonyl (C=O) groups excluding carboxylic acids is 1.